The van der Waals surface area contributed by atoms with E-state index in [-0.39, 0.29) is 40.8 Å². The van der Waals surface area contributed by atoms with Gasteiger partial charge in [-0.2, -0.15) is 9.36 Å². The summed E-state index contributed by atoms with van der Waals surface area (Å²) >= 11 is 2.10. The van der Waals surface area contributed by atoms with Crippen LogP contribution >= 0.6 is 23.3 Å². The summed E-state index contributed by atoms with van der Waals surface area (Å²) in [5.74, 6) is -3.14. The van der Waals surface area contributed by atoms with Crippen LogP contribution in [0.1, 0.15) is 26.6 Å². The molecule has 1 fully saturated rings. The fourth-order valence-corrected chi connectivity index (χ4v) is 4.63. The van der Waals surface area contributed by atoms with Gasteiger partial charge in [-0.15, -0.1) is 11.8 Å². The second-order valence-corrected chi connectivity index (χ2v) is 8.84. The van der Waals surface area contributed by atoms with E-state index < -0.39 is 35.2 Å². The minimum Gasteiger partial charge on any atom is -0.477 e. The summed E-state index contributed by atoms with van der Waals surface area (Å²) in [6, 6.07) is -1.00. The number of aliphatic carboxylic acids is 1. The predicted octanol–water partition coefficient (Wildman–Crippen LogP) is -0.449. The van der Waals surface area contributed by atoms with E-state index in [0.717, 1.165) is 16.4 Å². The first kappa shape index (κ1) is 23.5. The van der Waals surface area contributed by atoms with Crippen LogP contribution in [0.15, 0.2) is 16.4 Å². The molecule has 0 saturated carbocycles. The van der Waals surface area contributed by atoms with Crippen molar-refractivity contribution in [1.29, 1.82) is 0 Å². The molecule has 0 aliphatic carbocycles. The van der Waals surface area contributed by atoms with E-state index >= 15 is 0 Å². The Hall–Kier alpha value is -3.20. The number of amides is 2. The second-order valence-electron chi connectivity index (χ2n) is 6.95. The molecule has 172 valence electrons. The van der Waals surface area contributed by atoms with Crippen molar-refractivity contribution in [1.82, 2.24) is 19.6 Å². The van der Waals surface area contributed by atoms with E-state index in [1.807, 2.05) is 0 Å². The summed E-state index contributed by atoms with van der Waals surface area (Å²) in [7, 11) is 0. The van der Waals surface area contributed by atoms with Crippen molar-refractivity contribution in [3.8, 4) is 0 Å². The van der Waals surface area contributed by atoms with Crippen molar-refractivity contribution < 1.29 is 33.9 Å². The minimum absolute atomic E-state index is 0.0552. The van der Waals surface area contributed by atoms with E-state index in [2.05, 4.69) is 19.8 Å². The highest BCUT2D eigenvalue weighted by atomic mass is 32.2. The van der Waals surface area contributed by atoms with Gasteiger partial charge in [0.1, 0.15) is 29.8 Å². The number of esters is 1. The average Bonchev–Trinajstić information content (AvgIpc) is 3.15. The molecule has 0 aromatic carbocycles. The van der Waals surface area contributed by atoms with Crippen LogP contribution in [0, 0.1) is 0 Å². The number of β-lactam (4-membered cyclic amide) rings is 1. The number of carbonyl (C=O) groups excluding carboxylic acids is 3. The van der Waals surface area contributed by atoms with Crippen LogP contribution in [0.3, 0.4) is 0 Å². The van der Waals surface area contributed by atoms with Gasteiger partial charge in [-0.25, -0.2) is 4.79 Å². The molecule has 2 aliphatic rings. The van der Waals surface area contributed by atoms with Crippen molar-refractivity contribution >= 4 is 57.9 Å². The number of carbonyl (C=O) groups is 4. The van der Waals surface area contributed by atoms with Crippen LogP contribution in [0.4, 0.5) is 5.13 Å². The van der Waals surface area contributed by atoms with Crippen LogP contribution in [0.5, 0.6) is 0 Å². The lowest BCUT2D eigenvalue weighted by Gasteiger charge is -2.49. The Kier molecular flexibility index (Phi) is 6.98. The summed E-state index contributed by atoms with van der Waals surface area (Å²) in [6.07, 6.45) is -0.331. The monoisotopic (exact) mass is 484 g/mol. The number of hydrogen-bond donors (Lipinski definition) is 3. The highest BCUT2D eigenvalue weighted by molar-refractivity contribution is 8.00. The zero-order valence-corrected chi connectivity index (χ0v) is 18.9. The van der Waals surface area contributed by atoms with Gasteiger partial charge in [-0.3, -0.25) is 19.3 Å². The van der Waals surface area contributed by atoms with Crippen LogP contribution in [0.2, 0.25) is 0 Å². The summed E-state index contributed by atoms with van der Waals surface area (Å²) in [4.78, 5) is 58.6. The lowest BCUT2D eigenvalue weighted by Crippen LogP contribution is -2.71. The van der Waals surface area contributed by atoms with Gasteiger partial charge < -0.3 is 25.7 Å². The maximum atomic E-state index is 12.8. The number of anilines is 1. The number of thioether (sulfide) groups is 1. The molecule has 3 rings (SSSR count). The fraction of sp³-hybridized carbons (Fsp3) is 0.471. The predicted molar refractivity (Wildman–Crippen MR) is 113 cm³/mol. The minimum atomic E-state index is -1.33. The molecule has 0 unspecified atom stereocenters. The topological polar surface area (TPSA) is 186 Å². The molecule has 2 amide bonds. The SMILES string of the molecule is CC(=O)OCC1=C(C(=O)O)N2C(=O)[C@@H](NC(=O)C(=NOC(C)C)c3nsc(N)n3)[C@H]2SC1. The summed E-state index contributed by atoms with van der Waals surface area (Å²) in [5, 5.41) is 15.4. The van der Waals surface area contributed by atoms with Crippen LogP contribution in [-0.4, -0.2) is 78.7 Å². The van der Waals surface area contributed by atoms with Crippen molar-refractivity contribution in [2.24, 2.45) is 5.16 Å². The summed E-state index contributed by atoms with van der Waals surface area (Å²) < 4.78 is 8.84. The summed E-state index contributed by atoms with van der Waals surface area (Å²) in [6.45, 7) is 4.38. The Morgan fingerprint density at radius 3 is 2.69 bits per heavy atom. The zero-order valence-electron chi connectivity index (χ0n) is 17.2. The normalized spacial score (nSPS) is 20.6. The molecule has 15 heteroatoms. The number of nitrogen functional groups attached to an aromatic ring is 1. The number of ether oxygens (including phenoxy) is 1. The Labute approximate surface area is 190 Å². The average molecular weight is 485 g/mol. The van der Waals surface area contributed by atoms with Gasteiger partial charge in [0.05, 0.1) is 0 Å². The van der Waals surface area contributed by atoms with Crippen LogP contribution in [-0.2, 0) is 28.8 Å². The Morgan fingerprint density at radius 2 is 2.12 bits per heavy atom. The first-order valence-corrected chi connectivity index (χ1v) is 11.1. The maximum Gasteiger partial charge on any atom is 0.352 e. The molecule has 32 heavy (non-hydrogen) atoms. The lowest BCUT2D eigenvalue weighted by molar-refractivity contribution is -0.150. The molecule has 0 bridgehead atoms. The zero-order chi connectivity index (χ0) is 23.6. The van der Waals surface area contributed by atoms with E-state index in [0.29, 0.717) is 5.57 Å². The van der Waals surface area contributed by atoms with E-state index in [9.17, 15) is 24.3 Å². The van der Waals surface area contributed by atoms with Gasteiger partial charge in [0, 0.05) is 29.8 Å². The lowest BCUT2D eigenvalue weighted by atomic mass is 10.0. The van der Waals surface area contributed by atoms with Crippen molar-refractivity contribution in [3.63, 3.8) is 0 Å². The van der Waals surface area contributed by atoms with Gasteiger partial charge in [-0.1, -0.05) is 5.16 Å². The number of nitrogens with zero attached hydrogens (tertiary/aromatic N) is 4. The molecule has 0 spiro atoms. The molecule has 3 heterocycles. The van der Waals surface area contributed by atoms with Crippen molar-refractivity contribution in [3.05, 3.63) is 17.1 Å². The molecule has 13 nitrogen and oxygen atoms in total. The molecule has 1 saturated heterocycles. The second kappa shape index (κ2) is 9.52. The Morgan fingerprint density at radius 1 is 1.41 bits per heavy atom. The number of hydrogen-bond acceptors (Lipinski definition) is 12. The molecule has 4 N–H and O–H groups in total. The van der Waals surface area contributed by atoms with Gasteiger partial charge in [0.2, 0.25) is 11.5 Å². The summed E-state index contributed by atoms with van der Waals surface area (Å²) in [5.41, 5.74) is 5.36. The van der Waals surface area contributed by atoms with Crippen LogP contribution in [0.25, 0.3) is 0 Å². The molecule has 1 aromatic rings. The smallest absolute Gasteiger partial charge is 0.352 e. The van der Waals surface area contributed by atoms with Gasteiger partial charge in [-0.05, 0) is 13.8 Å². The maximum absolute atomic E-state index is 12.8. The first-order valence-electron chi connectivity index (χ1n) is 9.27. The third kappa shape index (κ3) is 4.83. The van der Waals surface area contributed by atoms with Crippen molar-refractivity contribution in [2.45, 2.75) is 38.3 Å². The van der Waals surface area contributed by atoms with E-state index in [1.165, 1.54) is 18.7 Å². The molecule has 2 atom stereocenters. The van der Waals surface area contributed by atoms with Crippen LogP contribution < -0.4 is 11.1 Å². The largest absolute Gasteiger partial charge is 0.477 e. The number of aromatic nitrogens is 2. The number of rotatable bonds is 8. The van der Waals surface area contributed by atoms with Gasteiger partial charge >= 0.3 is 11.9 Å². The Bertz CT molecular complexity index is 1020. The molecule has 2 aliphatic heterocycles. The highest BCUT2D eigenvalue weighted by Crippen LogP contribution is 2.40. The number of fused-ring (bicyclic) bond motifs is 1. The highest BCUT2D eigenvalue weighted by Gasteiger charge is 2.54. The number of carboxylic acid groups (broad SMARTS) is 1. The Balaban J connectivity index is 1.78. The fourth-order valence-electron chi connectivity index (χ4n) is 2.87. The van der Waals surface area contributed by atoms with E-state index in [4.69, 9.17) is 15.3 Å². The molecule has 0 radical (unpaired) electrons. The van der Waals surface area contributed by atoms with Crippen molar-refractivity contribution in [2.75, 3.05) is 18.1 Å². The standard InChI is InChI=1S/C17H20N6O7S2/c1-6(2)30-21-9(12-20-17(18)32-22-12)13(25)19-10-14(26)23-11(16(27)28)8(4-29-7(3)24)5-31-15(10)23/h6,10,15H,4-5H2,1-3H3,(H,19,25)(H,27,28)(H2,18,20,22)/t10-,15-/m1/s1. The van der Waals surface area contributed by atoms with E-state index in [1.54, 1.807) is 13.8 Å². The third-order valence-corrected chi connectivity index (χ3v) is 6.09. The number of carboxylic acids is 1. The number of nitrogens with two attached hydrogens (primary N) is 1. The molecule has 1 aromatic heterocycles. The molecular weight excluding hydrogens is 464 g/mol. The third-order valence-electron chi connectivity index (χ3n) is 4.21. The first-order chi connectivity index (χ1) is 15.1. The van der Waals surface area contributed by atoms with Gasteiger partial charge in [0.15, 0.2) is 5.13 Å². The number of oxime groups is 1. The molecular formula is C17H20N6O7S2. The quantitative estimate of drug-likeness (QED) is 0.188. The van der Waals surface area contributed by atoms with Gasteiger partial charge in [0.25, 0.3) is 11.8 Å². The number of nitrogens with one attached hydrogen (secondary N) is 1.